The SMILES string of the molecule is COC(=O)c1ccnc(CNS(=O)(=O)c2ccc(C)cc2)c1. The third-order valence-corrected chi connectivity index (χ3v) is 4.43. The van der Waals surface area contributed by atoms with Crippen molar-refractivity contribution < 1.29 is 17.9 Å². The average molecular weight is 320 g/mol. The first-order chi connectivity index (χ1) is 10.4. The topological polar surface area (TPSA) is 85.4 Å². The van der Waals surface area contributed by atoms with E-state index in [2.05, 4.69) is 14.4 Å². The van der Waals surface area contributed by atoms with Crippen LogP contribution in [0.2, 0.25) is 0 Å². The van der Waals surface area contributed by atoms with E-state index >= 15 is 0 Å². The molecule has 0 atom stereocenters. The quantitative estimate of drug-likeness (QED) is 0.847. The number of nitrogens with one attached hydrogen (secondary N) is 1. The van der Waals surface area contributed by atoms with E-state index in [1.807, 2.05) is 6.92 Å². The number of methoxy groups -OCH3 is 1. The fourth-order valence-electron chi connectivity index (χ4n) is 1.79. The number of benzene rings is 1. The first-order valence-corrected chi connectivity index (χ1v) is 8.00. The predicted octanol–water partition coefficient (Wildman–Crippen LogP) is 1.66. The zero-order valence-corrected chi connectivity index (χ0v) is 13.1. The van der Waals surface area contributed by atoms with Gasteiger partial charge in [0.25, 0.3) is 0 Å². The summed E-state index contributed by atoms with van der Waals surface area (Å²) in [4.78, 5) is 15.6. The highest BCUT2D eigenvalue weighted by molar-refractivity contribution is 7.89. The lowest BCUT2D eigenvalue weighted by Crippen LogP contribution is -2.23. The minimum atomic E-state index is -3.62. The van der Waals surface area contributed by atoms with Gasteiger partial charge in [0, 0.05) is 6.20 Å². The van der Waals surface area contributed by atoms with E-state index in [1.165, 1.54) is 37.6 Å². The predicted molar refractivity (Wildman–Crippen MR) is 80.8 cm³/mol. The van der Waals surface area contributed by atoms with Gasteiger partial charge in [0.2, 0.25) is 10.0 Å². The van der Waals surface area contributed by atoms with E-state index in [0.29, 0.717) is 11.3 Å². The maximum Gasteiger partial charge on any atom is 0.337 e. The number of aromatic nitrogens is 1. The summed E-state index contributed by atoms with van der Waals surface area (Å²) >= 11 is 0. The van der Waals surface area contributed by atoms with Crippen LogP contribution in [0.1, 0.15) is 21.6 Å². The van der Waals surface area contributed by atoms with Gasteiger partial charge in [0.1, 0.15) is 0 Å². The fraction of sp³-hybridized carbons (Fsp3) is 0.200. The number of sulfonamides is 1. The van der Waals surface area contributed by atoms with Gasteiger partial charge in [-0.25, -0.2) is 17.9 Å². The van der Waals surface area contributed by atoms with E-state index in [1.54, 1.807) is 12.1 Å². The van der Waals surface area contributed by atoms with Crippen molar-refractivity contribution in [2.45, 2.75) is 18.4 Å². The van der Waals surface area contributed by atoms with Crippen LogP contribution in [0.25, 0.3) is 0 Å². The summed E-state index contributed by atoms with van der Waals surface area (Å²) in [6, 6.07) is 9.52. The van der Waals surface area contributed by atoms with E-state index in [4.69, 9.17) is 0 Å². The average Bonchev–Trinajstić information content (AvgIpc) is 2.53. The molecule has 7 heteroatoms. The number of rotatable bonds is 5. The second kappa shape index (κ2) is 6.67. The van der Waals surface area contributed by atoms with Crippen LogP contribution < -0.4 is 4.72 Å². The van der Waals surface area contributed by atoms with Crippen LogP contribution in [0.3, 0.4) is 0 Å². The van der Waals surface area contributed by atoms with Gasteiger partial charge in [0.15, 0.2) is 0 Å². The normalized spacial score (nSPS) is 11.2. The van der Waals surface area contributed by atoms with Gasteiger partial charge < -0.3 is 4.74 Å². The lowest BCUT2D eigenvalue weighted by molar-refractivity contribution is 0.0600. The van der Waals surface area contributed by atoms with Gasteiger partial charge >= 0.3 is 5.97 Å². The largest absolute Gasteiger partial charge is 0.465 e. The number of hydrogen-bond donors (Lipinski definition) is 1. The molecule has 0 aliphatic heterocycles. The van der Waals surface area contributed by atoms with Crippen molar-refractivity contribution >= 4 is 16.0 Å². The Bertz CT molecular complexity index is 770. The molecule has 2 aromatic rings. The molecule has 2 rings (SSSR count). The number of nitrogens with zero attached hydrogens (tertiary/aromatic N) is 1. The van der Waals surface area contributed by atoms with Crippen molar-refractivity contribution in [1.29, 1.82) is 0 Å². The molecule has 0 aliphatic carbocycles. The van der Waals surface area contributed by atoms with Gasteiger partial charge in [0.05, 0.1) is 29.8 Å². The van der Waals surface area contributed by atoms with Crippen LogP contribution >= 0.6 is 0 Å². The first-order valence-electron chi connectivity index (χ1n) is 6.52. The molecule has 116 valence electrons. The third kappa shape index (κ3) is 3.90. The van der Waals surface area contributed by atoms with Gasteiger partial charge in [-0.2, -0.15) is 0 Å². The van der Waals surface area contributed by atoms with E-state index in [9.17, 15) is 13.2 Å². The molecule has 1 aromatic heterocycles. The molecule has 1 heterocycles. The number of carbonyl (C=O) groups is 1. The highest BCUT2D eigenvalue weighted by Gasteiger charge is 2.14. The van der Waals surface area contributed by atoms with Crippen molar-refractivity contribution in [2.24, 2.45) is 0 Å². The fourth-order valence-corrected chi connectivity index (χ4v) is 2.79. The Hall–Kier alpha value is -2.25. The van der Waals surface area contributed by atoms with Gasteiger partial charge in [-0.3, -0.25) is 4.98 Å². The Morgan fingerprint density at radius 1 is 1.23 bits per heavy atom. The van der Waals surface area contributed by atoms with Crippen LogP contribution in [-0.2, 0) is 21.3 Å². The second-order valence-corrected chi connectivity index (χ2v) is 6.43. The maximum atomic E-state index is 12.2. The van der Waals surface area contributed by atoms with Crippen molar-refractivity contribution in [3.63, 3.8) is 0 Å². The molecule has 0 radical (unpaired) electrons. The summed E-state index contributed by atoms with van der Waals surface area (Å²) in [6.07, 6.45) is 1.43. The summed E-state index contributed by atoms with van der Waals surface area (Å²) in [6.45, 7) is 1.87. The summed E-state index contributed by atoms with van der Waals surface area (Å²) < 4.78 is 31.4. The summed E-state index contributed by atoms with van der Waals surface area (Å²) in [5.41, 5.74) is 1.73. The van der Waals surface area contributed by atoms with Gasteiger partial charge in [-0.05, 0) is 31.2 Å². The van der Waals surface area contributed by atoms with Crippen LogP contribution in [0, 0.1) is 6.92 Å². The van der Waals surface area contributed by atoms with Crippen molar-refractivity contribution in [2.75, 3.05) is 7.11 Å². The van der Waals surface area contributed by atoms with Crippen LogP contribution in [-0.4, -0.2) is 26.5 Å². The molecule has 0 fully saturated rings. The van der Waals surface area contributed by atoms with Crippen LogP contribution in [0.4, 0.5) is 0 Å². The Labute approximate surface area is 129 Å². The monoisotopic (exact) mass is 320 g/mol. The lowest BCUT2D eigenvalue weighted by Gasteiger charge is -2.07. The minimum absolute atomic E-state index is 0.0129. The molecule has 0 aliphatic rings. The molecular weight excluding hydrogens is 304 g/mol. The maximum absolute atomic E-state index is 12.2. The number of pyridine rings is 1. The molecule has 0 unspecified atom stereocenters. The zero-order valence-electron chi connectivity index (χ0n) is 12.2. The number of hydrogen-bond acceptors (Lipinski definition) is 5. The Morgan fingerprint density at radius 3 is 2.55 bits per heavy atom. The molecule has 1 N–H and O–H groups in total. The molecule has 22 heavy (non-hydrogen) atoms. The molecule has 6 nitrogen and oxygen atoms in total. The van der Waals surface area contributed by atoms with Crippen molar-refractivity contribution in [3.8, 4) is 0 Å². The minimum Gasteiger partial charge on any atom is -0.465 e. The summed E-state index contributed by atoms with van der Waals surface area (Å²) in [5.74, 6) is -0.495. The molecule has 0 amide bonds. The molecule has 0 saturated carbocycles. The zero-order chi connectivity index (χ0) is 16.2. The van der Waals surface area contributed by atoms with E-state index < -0.39 is 16.0 Å². The number of carbonyl (C=O) groups excluding carboxylic acids is 1. The Kier molecular flexibility index (Phi) is 4.89. The first kappa shape index (κ1) is 16.1. The lowest BCUT2D eigenvalue weighted by atomic mass is 10.2. The van der Waals surface area contributed by atoms with Gasteiger partial charge in [-0.1, -0.05) is 17.7 Å². The standard InChI is InChI=1S/C15H16N2O4S/c1-11-3-5-14(6-4-11)22(19,20)17-10-13-9-12(7-8-16-13)15(18)21-2/h3-9,17H,10H2,1-2H3. The smallest absolute Gasteiger partial charge is 0.337 e. The Morgan fingerprint density at radius 2 is 1.91 bits per heavy atom. The molecular formula is C15H16N2O4S. The van der Waals surface area contributed by atoms with Gasteiger partial charge in [-0.15, -0.1) is 0 Å². The van der Waals surface area contributed by atoms with Crippen LogP contribution in [0.15, 0.2) is 47.5 Å². The van der Waals surface area contributed by atoms with E-state index in [0.717, 1.165) is 5.56 Å². The number of esters is 1. The number of aryl methyl sites for hydroxylation is 1. The summed E-state index contributed by atoms with van der Waals surface area (Å²) in [7, 11) is -2.34. The highest BCUT2D eigenvalue weighted by atomic mass is 32.2. The van der Waals surface area contributed by atoms with Crippen LogP contribution in [0.5, 0.6) is 0 Å². The van der Waals surface area contributed by atoms with Crippen molar-refractivity contribution in [1.82, 2.24) is 9.71 Å². The van der Waals surface area contributed by atoms with E-state index in [-0.39, 0.29) is 11.4 Å². The second-order valence-electron chi connectivity index (χ2n) is 4.67. The number of ether oxygens (including phenoxy) is 1. The Balaban J connectivity index is 2.12. The molecule has 0 spiro atoms. The third-order valence-electron chi connectivity index (χ3n) is 3.01. The molecule has 1 aromatic carbocycles. The molecule has 0 saturated heterocycles. The van der Waals surface area contributed by atoms with Crippen molar-refractivity contribution in [3.05, 3.63) is 59.4 Å². The molecule has 0 bridgehead atoms. The highest BCUT2D eigenvalue weighted by Crippen LogP contribution is 2.11. The summed E-state index contributed by atoms with van der Waals surface area (Å²) in [5, 5.41) is 0.